The van der Waals surface area contributed by atoms with Gasteiger partial charge in [-0.25, -0.2) is 22.6 Å². The molecule has 8 nitrogen and oxygen atoms in total. The van der Waals surface area contributed by atoms with Crippen LogP contribution in [0.5, 0.6) is 0 Å². The van der Waals surface area contributed by atoms with Gasteiger partial charge in [-0.2, -0.15) is 0 Å². The zero-order chi connectivity index (χ0) is 23.4. The lowest BCUT2D eigenvalue weighted by Crippen LogP contribution is -2.42. The van der Waals surface area contributed by atoms with Crippen LogP contribution in [0.25, 0.3) is 0 Å². The summed E-state index contributed by atoms with van der Waals surface area (Å²) in [7, 11) is -2.89. The van der Waals surface area contributed by atoms with Gasteiger partial charge in [-0.1, -0.05) is 42.5 Å². The van der Waals surface area contributed by atoms with Gasteiger partial charge in [-0.15, -0.1) is 0 Å². The lowest BCUT2D eigenvalue weighted by molar-refractivity contribution is -0.173. The molecule has 0 bridgehead atoms. The summed E-state index contributed by atoms with van der Waals surface area (Å²) in [6.45, 7) is -0.0838. The number of halogens is 1. The van der Waals surface area contributed by atoms with Gasteiger partial charge >= 0.3 is 0 Å². The SMILES string of the molecule is CON(Cc1ccc(F)cc1)C(=O)/C=C(\O)C(=O)NS(=O)(=O)C1(Cc2ccccc2)CC1. The van der Waals surface area contributed by atoms with Crippen LogP contribution in [0.15, 0.2) is 66.4 Å². The monoisotopic (exact) mass is 462 g/mol. The Morgan fingerprint density at radius 3 is 2.31 bits per heavy atom. The maximum atomic E-state index is 13.0. The van der Waals surface area contributed by atoms with Crippen LogP contribution in [0.1, 0.15) is 24.0 Å². The Bertz CT molecular complexity index is 1110. The molecule has 0 radical (unpaired) electrons. The topological polar surface area (TPSA) is 113 Å². The van der Waals surface area contributed by atoms with Crippen molar-refractivity contribution in [3.8, 4) is 0 Å². The van der Waals surface area contributed by atoms with Gasteiger partial charge < -0.3 is 5.11 Å². The molecule has 2 aromatic carbocycles. The molecule has 1 aliphatic carbocycles. The van der Waals surface area contributed by atoms with Gasteiger partial charge in [0.25, 0.3) is 11.8 Å². The zero-order valence-corrected chi connectivity index (χ0v) is 18.1. The minimum atomic E-state index is -4.10. The first-order chi connectivity index (χ1) is 15.2. The lowest BCUT2D eigenvalue weighted by atomic mass is 10.1. The maximum Gasteiger partial charge on any atom is 0.299 e. The van der Waals surface area contributed by atoms with Crippen molar-refractivity contribution >= 4 is 21.8 Å². The number of hydrogen-bond donors (Lipinski definition) is 2. The molecular weight excluding hydrogens is 439 g/mol. The summed E-state index contributed by atoms with van der Waals surface area (Å²) in [6, 6.07) is 14.3. The van der Waals surface area contributed by atoms with E-state index >= 15 is 0 Å². The standard InChI is InChI=1S/C22H23FN2O6S/c1-31-25(15-17-7-9-18(23)10-8-17)20(27)13-19(26)21(28)24-32(29,30)22(11-12-22)14-16-5-3-2-4-6-16/h2-10,13,26H,11-12,14-15H2,1H3,(H,24,28)/b19-13-. The normalized spacial score (nSPS) is 15.1. The number of benzene rings is 2. The van der Waals surface area contributed by atoms with Crippen molar-refractivity contribution in [3.63, 3.8) is 0 Å². The van der Waals surface area contributed by atoms with E-state index in [9.17, 15) is 27.5 Å². The number of amides is 2. The van der Waals surface area contributed by atoms with E-state index in [4.69, 9.17) is 4.84 Å². The number of nitrogens with one attached hydrogen (secondary N) is 1. The van der Waals surface area contributed by atoms with Gasteiger partial charge in [0, 0.05) is 0 Å². The Labute approximate surface area is 185 Å². The Balaban J connectivity index is 1.65. The molecular formula is C22H23FN2O6S. The Kier molecular flexibility index (Phi) is 6.95. The molecule has 2 amide bonds. The molecule has 32 heavy (non-hydrogen) atoms. The van der Waals surface area contributed by atoms with Crippen molar-refractivity contribution in [2.24, 2.45) is 0 Å². The van der Waals surface area contributed by atoms with Gasteiger partial charge in [0.15, 0.2) is 5.76 Å². The molecule has 10 heteroatoms. The number of carbonyl (C=O) groups excluding carboxylic acids is 2. The minimum Gasteiger partial charge on any atom is -0.503 e. The van der Waals surface area contributed by atoms with E-state index in [1.165, 1.54) is 31.4 Å². The van der Waals surface area contributed by atoms with Crippen molar-refractivity contribution in [2.45, 2.75) is 30.6 Å². The molecule has 0 unspecified atom stereocenters. The molecule has 1 fully saturated rings. The predicted octanol–water partition coefficient (Wildman–Crippen LogP) is 2.38. The number of carbonyl (C=O) groups is 2. The highest BCUT2D eigenvalue weighted by Gasteiger charge is 2.55. The van der Waals surface area contributed by atoms with E-state index in [0.29, 0.717) is 24.5 Å². The Morgan fingerprint density at radius 1 is 1.12 bits per heavy atom. The highest BCUT2D eigenvalue weighted by molar-refractivity contribution is 7.91. The third-order valence-corrected chi connectivity index (χ3v) is 7.32. The fourth-order valence-corrected chi connectivity index (χ4v) is 4.73. The van der Waals surface area contributed by atoms with Gasteiger partial charge in [0.1, 0.15) is 5.82 Å². The quantitative estimate of drug-likeness (QED) is 0.336. The van der Waals surface area contributed by atoms with Crippen LogP contribution in [-0.2, 0) is 37.4 Å². The van der Waals surface area contributed by atoms with E-state index in [2.05, 4.69) is 0 Å². The fourth-order valence-electron chi connectivity index (χ4n) is 3.17. The van der Waals surface area contributed by atoms with E-state index < -0.39 is 38.2 Å². The van der Waals surface area contributed by atoms with E-state index in [1.54, 1.807) is 24.3 Å². The minimum absolute atomic E-state index is 0.0838. The summed E-state index contributed by atoms with van der Waals surface area (Å²) in [5.74, 6) is -3.72. The Morgan fingerprint density at radius 2 is 1.75 bits per heavy atom. The van der Waals surface area contributed by atoms with Gasteiger partial charge in [0.05, 0.1) is 24.5 Å². The molecule has 3 rings (SSSR count). The molecule has 0 heterocycles. The summed E-state index contributed by atoms with van der Waals surface area (Å²) in [5, 5.41) is 10.8. The smallest absolute Gasteiger partial charge is 0.299 e. The number of hydroxylamine groups is 2. The average Bonchev–Trinajstić information content (AvgIpc) is 3.55. The predicted molar refractivity (Wildman–Crippen MR) is 114 cm³/mol. The largest absolute Gasteiger partial charge is 0.503 e. The molecule has 0 atom stereocenters. The highest BCUT2D eigenvalue weighted by atomic mass is 32.2. The average molecular weight is 462 g/mol. The molecule has 170 valence electrons. The molecule has 2 N–H and O–H groups in total. The van der Waals surface area contributed by atoms with Crippen LogP contribution in [0, 0.1) is 5.82 Å². The summed E-state index contributed by atoms with van der Waals surface area (Å²) in [6.07, 6.45) is 1.55. The molecule has 1 saturated carbocycles. The molecule has 0 aliphatic heterocycles. The van der Waals surface area contributed by atoms with Crippen molar-refractivity contribution in [1.82, 2.24) is 9.79 Å². The highest BCUT2D eigenvalue weighted by Crippen LogP contribution is 2.45. The van der Waals surface area contributed by atoms with Crippen molar-refractivity contribution in [2.75, 3.05) is 7.11 Å². The summed E-state index contributed by atoms with van der Waals surface area (Å²) in [5.41, 5.74) is 1.35. The van der Waals surface area contributed by atoms with Crippen LogP contribution < -0.4 is 4.72 Å². The zero-order valence-electron chi connectivity index (χ0n) is 17.3. The van der Waals surface area contributed by atoms with Crippen LogP contribution in [0.4, 0.5) is 4.39 Å². The van der Waals surface area contributed by atoms with Gasteiger partial charge in [-0.05, 0) is 42.5 Å². The molecule has 0 aromatic heterocycles. The molecule has 1 aliphatic rings. The first-order valence-corrected chi connectivity index (χ1v) is 11.3. The van der Waals surface area contributed by atoms with Crippen LogP contribution >= 0.6 is 0 Å². The third-order valence-electron chi connectivity index (χ3n) is 5.17. The second-order valence-corrected chi connectivity index (χ2v) is 9.57. The molecule has 0 spiro atoms. The first-order valence-electron chi connectivity index (χ1n) is 9.77. The van der Waals surface area contributed by atoms with Crippen molar-refractivity contribution in [1.29, 1.82) is 0 Å². The number of nitrogens with zero attached hydrogens (tertiary/aromatic N) is 1. The summed E-state index contributed by atoms with van der Waals surface area (Å²) >= 11 is 0. The van der Waals surface area contributed by atoms with Crippen molar-refractivity contribution < 1.29 is 32.3 Å². The number of hydrogen-bond acceptors (Lipinski definition) is 6. The van der Waals surface area contributed by atoms with Crippen LogP contribution in [0.2, 0.25) is 0 Å². The number of rotatable bonds is 9. The van der Waals surface area contributed by atoms with E-state index in [1.807, 2.05) is 10.8 Å². The summed E-state index contributed by atoms with van der Waals surface area (Å²) < 4.78 is 39.3. The second kappa shape index (κ2) is 9.49. The Hall–Kier alpha value is -3.24. The number of aliphatic hydroxyl groups is 1. The van der Waals surface area contributed by atoms with Gasteiger partial charge in [-0.3, -0.25) is 14.4 Å². The maximum absolute atomic E-state index is 13.0. The van der Waals surface area contributed by atoms with E-state index in [-0.39, 0.29) is 13.0 Å². The summed E-state index contributed by atoms with van der Waals surface area (Å²) in [4.78, 5) is 29.5. The van der Waals surface area contributed by atoms with Gasteiger partial charge in [0.2, 0.25) is 10.0 Å². The van der Waals surface area contributed by atoms with Crippen LogP contribution in [0.3, 0.4) is 0 Å². The second-order valence-electron chi connectivity index (χ2n) is 7.49. The van der Waals surface area contributed by atoms with E-state index in [0.717, 1.165) is 10.6 Å². The molecule has 2 aromatic rings. The fraction of sp³-hybridized carbons (Fsp3) is 0.273. The molecule has 0 saturated heterocycles. The number of sulfonamides is 1. The van der Waals surface area contributed by atoms with Crippen LogP contribution in [-0.4, -0.2) is 42.3 Å². The third kappa shape index (κ3) is 5.51. The van der Waals surface area contributed by atoms with Crippen molar-refractivity contribution in [3.05, 3.63) is 83.4 Å². The first kappa shape index (κ1) is 23.4. The lowest BCUT2D eigenvalue weighted by Gasteiger charge is -2.19. The number of aliphatic hydroxyl groups excluding tert-OH is 1.